The van der Waals surface area contributed by atoms with Crippen molar-refractivity contribution in [2.24, 2.45) is 0 Å². The molecule has 0 amide bonds. The fraction of sp³-hybridized carbons (Fsp3) is 0.500. The Bertz CT molecular complexity index is 433. The van der Waals surface area contributed by atoms with Crippen LogP contribution >= 0.6 is 11.6 Å². The standard InChI is InChI=1S/C12H15ClN2O2/c1-2-8-14(9-6-7-9)11-5-3-4-10(13)12(11)15(16)17/h3-5,9H,2,6-8H2,1H3. The van der Waals surface area contributed by atoms with Gasteiger partial charge in [0.05, 0.1) is 4.92 Å². The summed E-state index contributed by atoms with van der Waals surface area (Å²) in [6, 6.07) is 5.58. The van der Waals surface area contributed by atoms with Crippen LogP contribution in [-0.4, -0.2) is 17.5 Å². The van der Waals surface area contributed by atoms with Crippen molar-refractivity contribution in [2.45, 2.75) is 32.2 Å². The number of benzene rings is 1. The molecule has 5 heteroatoms. The smallest absolute Gasteiger partial charge is 0.310 e. The number of halogens is 1. The van der Waals surface area contributed by atoms with E-state index in [-0.39, 0.29) is 15.6 Å². The van der Waals surface area contributed by atoms with Crippen LogP contribution < -0.4 is 4.90 Å². The Morgan fingerprint density at radius 1 is 1.53 bits per heavy atom. The Labute approximate surface area is 105 Å². The predicted molar refractivity (Wildman–Crippen MR) is 68.8 cm³/mol. The fourth-order valence-corrected chi connectivity index (χ4v) is 2.28. The van der Waals surface area contributed by atoms with Crippen molar-refractivity contribution in [3.05, 3.63) is 33.3 Å². The molecule has 0 aromatic heterocycles. The first-order valence-corrected chi connectivity index (χ1v) is 6.22. The van der Waals surface area contributed by atoms with Crippen molar-refractivity contribution in [3.63, 3.8) is 0 Å². The third kappa shape index (κ3) is 2.52. The molecule has 0 bridgehead atoms. The van der Waals surface area contributed by atoms with Gasteiger partial charge in [0.2, 0.25) is 0 Å². The van der Waals surface area contributed by atoms with Crippen molar-refractivity contribution >= 4 is 23.0 Å². The summed E-state index contributed by atoms with van der Waals surface area (Å²) in [4.78, 5) is 12.8. The van der Waals surface area contributed by atoms with E-state index in [4.69, 9.17) is 11.6 Å². The minimum absolute atomic E-state index is 0.0366. The van der Waals surface area contributed by atoms with E-state index in [1.165, 1.54) is 0 Å². The topological polar surface area (TPSA) is 46.4 Å². The fourth-order valence-electron chi connectivity index (χ4n) is 2.04. The first-order valence-electron chi connectivity index (χ1n) is 5.84. The Balaban J connectivity index is 2.41. The van der Waals surface area contributed by atoms with Crippen LogP contribution in [0.4, 0.5) is 11.4 Å². The van der Waals surface area contributed by atoms with E-state index in [1.54, 1.807) is 18.2 Å². The number of nitrogens with zero attached hydrogens (tertiary/aromatic N) is 2. The van der Waals surface area contributed by atoms with Crippen LogP contribution in [0.1, 0.15) is 26.2 Å². The highest BCUT2D eigenvalue weighted by atomic mass is 35.5. The van der Waals surface area contributed by atoms with Gasteiger partial charge in [-0.1, -0.05) is 24.6 Å². The molecule has 2 rings (SSSR count). The van der Waals surface area contributed by atoms with E-state index in [9.17, 15) is 10.1 Å². The van der Waals surface area contributed by atoms with Gasteiger partial charge in [-0.2, -0.15) is 0 Å². The average molecular weight is 255 g/mol. The first kappa shape index (κ1) is 12.2. The summed E-state index contributed by atoms with van der Waals surface area (Å²) >= 11 is 5.93. The number of hydrogen-bond donors (Lipinski definition) is 0. The molecule has 1 aliphatic carbocycles. The molecule has 1 aliphatic rings. The van der Waals surface area contributed by atoms with Crippen LogP contribution in [0.5, 0.6) is 0 Å². The molecule has 17 heavy (non-hydrogen) atoms. The van der Waals surface area contributed by atoms with Crippen molar-refractivity contribution < 1.29 is 4.92 Å². The zero-order valence-corrected chi connectivity index (χ0v) is 10.5. The second-order valence-corrected chi connectivity index (χ2v) is 4.70. The molecular weight excluding hydrogens is 240 g/mol. The highest BCUT2D eigenvalue weighted by molar-refractivity contribution is 6.33. The summed E-state index contributed by atoms with van der Waals surface area (Å²) in [6.45, 7) is 2.91. The molecule has 4 nitrogen and oxygen atoms in total. The molecule has 1 aromatic carbocycles. The molecule has 0 unspecified atom stereocenters. The Morgan fingerprint density at radius 3 is 2.76 bits per heavy atom. The van der Waals surface area contributed by atoms with E-state index < -0.39 is 0 Å². The van der Waals surface area contributed by atoms with Gasteiger partial charge in [-0.25, -0.2) is 0 Å². The van der Waals surface area contributed by atoms with Crippen LogP contribution in [0.15, 0.2) is 18.2 Å². The molecule has 0 aliphatic heterocycles. The molecule has 0 atom stereocenters. The zero-order chi connectivity index (χ0) is 12.4. The van der Waals surface area contributed by atoms with E-state index >= 15 is 0 Å². The summed E-state index contributed by atoms with van der Waals surface area (Å²) in [5.41, 5.74) is 0.696. The molecule has 0 spiro atoms. The van der Waals surface area contributed by atoms with Gasteiger partial charge in [-0.15, -0.1) is 0 Å². The maximum atomic E-state index is 11.1. The van der Waals surface area contributed by atoms with Gasteiger partial charge in [-0.3, -0.25) is 10.1 Å². The van der Waals surface area contributed by atoms with Gasteiger partial charge in [0.15, 0.2) is 0 Å². The normalized spacial score (nSPS) is 14.7. The van der Waals surface area contributed by atoms with Crippen LogP contribution in [-0.2, 0) is 0 Å². The molecule has 1 fully saturated rings. The maximum Gasteiger partial charge on any atom is 0.310 e. The van der Waals surface area contributed by atoms with Crippen molar-refractivity contribution in [1.29, 1.82) is 0 Å². The lowest BCUT2D eigenvalue weighted by atomic mass is 10.2. The molecule has 0 saturated heterocycles. The first-order chi connectivity index (χ1) is 8.15. The van der Waals surface area contributed by atoms with E-state index in [2.05, 4.69) is 11.8 Å². The molecule has 92 valence electrons. The number of para-hydroxylation sites is 1. The highest BCUT2D eigenvalue weighted by Crippen LogP contribution is 2.40. The minimum atomic E-state index is -0.386. The molecule has 1 saturated carbocycles. The quantitative estimate of drug-likeness (QED) is 0.595. The van der Waals surface area contributed by atoms with Crippen LogP contribution in [0.2, 0.25) is 5.02 Å². The van der Waals surface area contributed by atoms with E-state index in [0.717, 1.165) is 25.8 Å². The van der Waals surface area contributed by atoms with Gasteiger partial charge in [0.25, 0.3) is 0 Å². The minimum Gasteiger partial charge on any atom is -0.363 e. The lowest BCUT2D eigenvalue weighted by Gasteiger charge is -2.23. The molecule has 0 heterocycles. The monoisotopic (exact) mass is 254 g/mol. The number of hydrogen-bond acceptors (Lipinski definition) is 3. The summed E-state index contributed by atoms with van der Waals surface area (Å²) in [5, 5.41) is 11.3. The molecule has 0 N–H and O–H groups in total. The van der Waals surface area contributed by atoms with E-state index in [0.29, 0.717) is 11.7 Å². The summed E-state index contributed by atoms with van der Waals surface area (Å²) in [6.07, 6.45) is 3.20. The van der Waals surface area contributed by atoms with Gasteiger partial charge in [-0.05, 0) is 31.4 Å². The second kappa shape index (κ2) is 4.92. The van der Waals surface area contributed by atoms with Gasteiger partial charge < -0.3 is 4.90 Å². The van der Waals surface area contributed by atoms with Crippen LogP contribution in [0.3, 0.4) is 0 Å². The predicted octanol–water partition coefficient (Wildman–Crippen LogP) is 3.63. The van der Waals surface area contributed by atoms with Gasteiger partial charge in [0, 0.05) is 12.6 Å². The Kier molecular flexibility index (Phi) is 3.52. The lowest BCUT2D eigenvalue weighted by Crippen LogP contribution is -2.27. The van der Waals surface area contributed by atoms with Crippen molar-refractivity contribution in [3.8, 4) is 0 Å². The molecular formula is C12H15ClN2O2. The third-order valence-corrected chi connectivity index (χ3v) is 3.21. The average Bonchev–Trinajstić information content (AvgIpc) is 3.08. The summed E-state index contributed by atoms with van der Waals surface area (Å²) in [5.74, 6) is 0. The number of nitro groups is 1. The Hall–Kier alpha value is -1.29. The largest absolute Gasteiger partial charge is 0.363 e. The van der Waals surface area contributed by atoms with Gasteiger partial charge in [0.1, 0.15) is 10.7 Å². The summed E-state index contributed by atoms with van der Waals surface area (Å²) < 4.78 is 0. The van der Waals surface area contributed by atoms with Crippen molar-refractivity contribution in [2.75, 3.05) is 11.4 Å². The maximum absolute atomic E-state index is 11.1. The molecule has 0 radical (unpaired) electrons. The highest BCUT2D eigenvalue weighted by Gasteiger charge is 2.33. The SMILES string of the molecule is CCCN(c1cccc(Cl)c1[N+](=O)[O-])C1CC1. The van der Waals surface area contributed by atoms with Crippen LogP contribution in [0.25, 0.3) is 0 Å². The zero-order valence-electron chi connectivity index (χ0n) is 9.73. The third-order valence-electron chi connectivity index (χ3n) is 2.91. The molecule has 1 aromatic rings. The number of rotatable bonds is 5. The lowest BCUT2D eigenvalue weighted by molar-refractivity contribution is -0.384. The summed E-state index contributed by atoms with van der Waals surface area (Å²) in [7, 11) is 0. The van der Waals surface area contributed by atoms with E-state index in [1.807, 2.05) is 0 Å². The number of anilines is 1. The Morgan fingerprint density at radius 2 is 2.24 bits per heavy atom. The van der Waals surface area contributed by atoms with Crippen molar-refractivity contribution in [1.82, 2.24) is 0 Å². The van der Waals surface area contributed by atoms with Gasteiger partial charge >= 0.3 is 5.69 Å². The van der Waals surface area contributed by atoms with Crippen LogP contribution in [0, 0.1) is 10.1 Å². The second-order valence-electron chi connectivity index (χ2n) is 4.29. The number of nitro benzene ring substituents is 1.